The Bertz CT molecular complexity index is 973. The lowest BCUT2D eigenvalue weighted by Crippen LogP contribution is -2.47. The molecule has 0 spiro atoms. The summed E-state index contributed by atoms with van der Waals surface area (Å²) < 4.78 is 4.93. The van der Waals surface area contributed by atoms with Crippen LogP contribution in [0.25, 0.3) is 0 Å². The van der Waals surface area contributed by atoms with Gasteiger partial charge in [0.2, 0.25) is 11.8 Å². The van der Waals surface area contributed by atoms with Crippen LogP contribution < -0.4 is 0 Å². The summed E-state index contributed by atoms with van der Waals surface area (Å²) in [5, 5.41) is 2.71. The van der Waals surface area contributed by atoms with E-state index in [1.807, 2.05) is 43.0 Å². The van der Waals surface area contributed by atoms with Gasteiger partial charge in [-0.2, -0.15) is 0 Å². The molecule has 1 aliphatic heterocycles. The Balaban J connectivity index is 1.79. The van der Waals surface area contributed by atoms with Gasteiger partial charge >= 0.3 is 5.97 Å². The second-order valence-corrected chi connectivity index (χ2v) is 10.0. The van der Waals surface area contributed by atoms with Gasteiger partial charge in [-0.15, -0.1) is 11.3 Å². The largest absolute Gasteiger partial charge is 0.466 e. The van der Waals surface area contributed by atoms with Crippen LogP contribution >= 0.6 is 22.9 Å². The monoisotopic (exact) mass is 490 g/mol. The van der Waals surface area contributed by atoms with Crippen LogP contribution in [0.3, 0.4) is 0 Å². The van der Waals surface area contributed by atoms with Crippen molar-refractivity contribution in [3.63, 3.8) is 0 Å². The van der Waals surface area contributed by atoms with E-state index in [-0.39, 0.29) is 49.8 Å². The summed E-state index contributed by atoms with van der Waals surface area (Å²) in [5.74, 6) is -0.509. The molecular weight excluding hydrogens is 460 g/mol. The van der Waals surface area contributed by atoms with Gasteiger partial charge in [-0.1, -0.05) is 37.6 Å². The average molecular weight is 491 g/mol. The first-order valence-corrected chi connectivity index (χ1v) is 12.6. The second-order valence-electron chi connectivity index (χ2n) is 8.56. The molecule has 1 unspecified atom stereocenters. The number of ether oxygens (including phenoxy) is 1. The van der Waals surface area contributed by atoms with Crippen molar-refractivity contribution in [1.82, 2.24) is 9.80 Å². The molecule has 0 saturated heterocycles. The minimum absolute atomic E-state index is 0.0105. The summed E-state index contributed by atoms with van der Waals surface area (Å²) in [6.45, 7) is 7.06. The van der Waals surface area contributed by atoms with E-state index in [2.05, 4.69) is 11.4 Å². The number of carbonyl (C=O) groups excluding carboxylic acids is 3. The fourth-order valence-electron chi connectivity index (χ4n) is 4.14. The van der Waals surface area contributed by atoms with E-state index in [4.69, 9.17) is 16.3 Å². The zero-order valence-corrected chi connectivity index (χ0v) is 21.0. The summed E-state index contributed by atoms with van der Waals surface area (Å²) in [6.07, 6.45) is 0.850. The lowest BCUT2D eigenvalue weighted by atomic mass is 9.93. The molecule has 33 heavy (non-hydrogen) atoms. The number of thiophene rings is 1. The van der Waals surface area contributed by atoms with Crippen LogP contribution in [0, 0.1) is 5.92 Å². The van der Waals surface area contributed by atoms with E-state index < -0.39 is 5.97 Å². The molecule has 0 aliphatic carbocycles. The van der Waals surface area contributed by atoms with Crippen LogP contribution in [0.1, 0.15) is 55.7 Å². The Labute approximate surface area is 204 Å². The summed E-state index contributed by atoms with van der Waals surface area (Å²) >= 11 is 7.81. The average Bonchev–Trinajstić information content (AvgIpc) is 3.26. The highest BCUT2D eigenvalue weighted by Gasteiger charge is 2.34. The number of amides is 2. The zero-order chi connectivity index (χ0) is 24.0. The van der Waals surface area contributed by atoms with E-state index in [0.717, 1.165) is 17.5 Å². The van der Waals surface area contributed by atoms with Crippen molar-refractivity contribution in [2.75, 3.05) is 26.2 Å². The summed E-state index contributed by atoms with van der Waals surface area (Å²) in [5.41, 5.74) is 2.13. The van der Waals surface area contributed by atoms with Crippen molar-refractivity contribution in [2.45, 2.75) is 46.1 Å². The summed E-state index contributed by atoms with van der Waals surface area (Å²) in [6, 6.07) is 9.45. The van der Waals surface area contributed by atoms with Crippen molar-refractivity contribution in [3.8, 4) is 0 Å². The molecule has 0 radical (unpaired) electrons. The van der Waals surface area contributed by atoms with Gasteiger partial charge in [-0.3, -0.25) is 14.4 Å². The normalized spacial score (nSPS) is 15.3. The highest BCUT2D eigenvalue weighted by atomic mass is 35.5. The smallest absolute Gasteiger partial charge is 0.306 e. The Morgan fingerprint density at radius 2 is 1.91 bits per heavy atom. The number of nitrogens with zero attached hydrogens (tertiary/aromatic N) is 2. The molecule has 3 rings (SSSR count). The van der Waals surface area contributed by atoms with Crippen LogP contribution in [0.5, 0.6) is 0 Å². The van der Waals surface area contributed by atoms with E-state index in [1.54, 1.807) is 23.2 Å². The Morgan fingerprint density at radius 3 is 2.58 bits per heavy atom. The van der Waals surface area contributed by atoms with Gasteiger partial charge in [-0.25, -0.2) is 0 Å². The lowest BCUT2D eigenvalue weighted by molar-refractivity contribution is -0.147. The van der Waals surface area contributed by atoms with Crippen molar-refractivity contribution in [1.29, 1.82) is 0 Å². The van der Waals surface area contributed by atoms with Gasteiger partial charge in [0.25, 0.3) is 0 Å². The molecule has 2 aromatic rings. The topological polar surface area (TPSA) is 66.9 Å². The Hall–Kier alpha value is -2.38. The predicted octanol–water partition coefficient (Wildman–Crippen LogP) is 4.70. The van der Waals surface area contributed by atoms with Gasteiger partial charge < -0.3 is 14.5 Å². The number of benzene rings is 1. The van der Waals surface area contributed by atoms with E-state index in [0.29, 0.717) is 18.1 Å². The number of hydrogen-bond acceptors (Lipinski definition) is 5. The first-order valence-electron chi connectivity index (χ1n) is 11.3. The minimum Gasteiger partial charge on any atom is -0.466 e. The van der Waals surface area contributed by atoms with E-state index in [1.165, 1.54) is 4.88 Å². The van der Waals surface area contributed by atoms with E-state index >= 15 is 0 Å². The van der Waals surface area contributed by atoms with Crippen molar-refractivity contribution >= 4 is 40.7 Å². The Kier molecular flexibility index (Phi) is 8.92. The number of rotatable bonds is 9. The first kappa shape index (κ1) is 25.2. The lowest BCUT2D eigenvalue weighted by Gasteiger charge is -2.38. The van der Waals surface area contributed by atoms with Crippen LogP contribution in [0.2, 0.25) is 5.02 Å². The highest BCUT2D eigenvalue weighted by molar-refractivity contribution is 7.10. The summed E-state index contributed by atoms with van der Waals surface area (Å²) in [7, 11) is 0. The number of halogens is 1. The SMILES string of the molecule is CCOC(=O)CCC(=O)N(CC(=O)N1CCc2sccc2C1c1ccc(Cl)cc1)CC(C)C. The van der Waals surface area contributed by atoms with E-state index in [9.17, 15) is 14.4 Å². The maximum absolute atomic E-state index is 13.5. The molecule has 0 N–H and O–H groups in total. The van der Waals surface area contributed by atoms with Gasteiger partial charge in [-0.05, 0) is 54.0 Å². The van der Waals surface area contributed by atoms with Crippen LogP contribution in [0.4, 0.5) is 0 Å². The molecule has 0 saturated carbocycles. The number of fused-ring (bicyclic) bond motifs is 1. The molecule has 1 aromatic carbocycles. The predicted molar refractivity (Wildman–Crippen MR) is 130 cm³/mol. The number of carbonyl (C=O) groups is 3. The fourth-order valence-corrected chi connectivity index (χ4v) is 5.17. The maximum atomic E-state index is 13.5. The van der Waals surface area contributed by atoms with Gasteiger partial charge in [0.1, 0.15) is 0 Å². The molecule has 1 aliphatic rings. The third kappa shape index (κ3) is 6.58. The van der Waals surface area contributed by atoms with Crippen LogP contribution in [-0.4, -0.2) is 53.8 Å². The Morgan fingerprint density at radius 1 is 1.18 bits per heavy atom. The maximum Gasteiger partial charge on any atom is 0.306 e. The molecule has 0 bridgehead atoms. The van der Waals surface area contributed by atoms with Crippen molar-refractivity contribution in [2.24, 2.45) is 5.92 Å². The van der Waals surface area contributed by atoms with Crippen molar-refractivity contribution in [3.05, 3.63) is 56.7 Å². The third-order valence-corrected chi connectivity index (χ3v) is 6.83. The molecular formula is C25H31ClN2O4S. The molecule has 8 heteroatoms. The zero-order valence-electron chi connectivity index (χ0n) is 19.4. The molecule has 1 atom stereocenters. The number of hydrogen-bond donors (Lipinski definition) is 0. The standard InChI is InChI=1S/C25H31ClN2O4S/c1-4-32-24(31)10-9-22(29)27(15-17(2)3)16-23(30)28-13-11-21-20(12-14-33-21)25(28)18-5-7-19(26)8-6-18/h5-8,12,14,17,25H,4,9-11,13,15-16H2,1-3H3. The molecule has 0 fully saturated rings. The molecule has 178 valence electrons. The van der Waals surface area contributed by atoms with Crippen LogP contribution in [0.15, 0.2) is 35.7 Å². The fraction of sp³-hybridized carbons (Fsp3) is 0.480. The molecule has 6 nitrogen and oxygen atoms in total. The molecule has 2 amide bonds. The minimum atomic E-state index is -0.398. The van der Waals surface area contributed by atoms with Gasteiger partial charge in [0.15, 0.2) is 0 Å². The summed E-state index contributed by atoms with van der Waals surface area (Å²) in [4.78, 5) is 42.8. The second kappa shape index (κ2) is 11.7. The van der Waals surface area contributed by atoms with Gasteiger partial charge in [0, 0.05) is 29.4 Å². The number of esters is 1. The molecule has 2 heterocycles. The third-order valence-electron chi connectivity index (χ3n) is 5.58. The first-order chi connectivity index (χ1) is 15.8. The molecule has 1 aromatic heterocycles. The van der Waals surface area contributed by atoms with Crippen molar-refractivity contribution < 1.29 is 19.1 Å². The van der Waals surface area contributed by atoms with Crippen LogP contribution in [-0.2, 0) is 25.5 Å². The quantitative estimate of drug-likeness (QED) is 0.478. The highest BCUT2D eigenvalue weighted by Crippen LogP contribution is 2.38. The van der Waals surface area contributed by atoms with Gasteiger partial charge in [0.05, 0.1) is 25.6 Å².